The molecule has 0 fully saturated rings. The Bertz CT molecular complexity index is 802. The van der Waals surface area contributed by atoms with Crippen LogP contribution in [0.5, 0.6) is 0 Å². The second-order valence-corrected chi connectivity index (χ2v) is 6.48. The predicted octanol–water partition coefficient (Wildman–Crippen LogP) is 2.55. The molecule has 0 saturated heterocycles. The maximum Gasteiger partial charge on any atom is 0.425 e. The standard InChI is InChI=1S/C13H12F3N3O3S2/c1-7(20)22-6-10-17-11(23-2)18-12(21)19(10)5-8-3-4-9(24-8)13(14,15)16/h3-4H,5-6H2,1-2H3. The second kappa shape index (κ2) is 7.34. The number of hydrogen-bond donors (Lipinski definition) is 0. The summed E-state index contributed by atoms with van der Waals surface area (Å²) in [5.41, 5.74) is -0.668. The van der Waals surface area contributed by atoms with Gasteiger partial charge >= 0.3 is 17.8 Å². The predicted molar refractivity (Wildman–Crippen MR) is 82.0 cm³/mol. The van der Waals surface area contributed by atoms with Gasteiger partial charge in [-0.25, -0.2) is 9.78 Å². The molecule has 6 nitrogen and oxygen atoms in total. The smallest absolute Gasteiger partial charge is 0.425 e. The van der Waals surface area contributed by atoms with Crippen molar-refractivity contribution in [3.63, 3.8) is 0 Å². The molecule has 0 radical (unpaired) electrons. The van der Waals surface area contributed by atoms with Gasteiger partial charge in [0.15, 0.2) is 11.0 Å². The highest BCUT2D eigenvalue weighted by Gasteiger charge is 2.32. The third kappa shape index (κ3) is 4.57. The average molecular weight is 379 g/mol. The van der Waals surface area contributed by atoms with Crippen molar-refractivity contribution in [2.45, 2.75) is 31.4 Å². The summed E-state index contributed by atoms with van der Waals surface area (Å²) in [6.07, 6.45) is -2.77. The summed E-state index contributed by atoms with van der Waals surface area (Å²) < 4.78 is 43.9. The van der Waals surface area contributed by atoms with Crippen molar-refractivity contribution in [2.24, 2.45) is 0 Å². The van der Waals surface area contributed by atoms with Gasteiger partial charge in [0.2, 0.25) is 0 Å². The van der Waals surface area contributed by atoms with Crippen LogP contribution in [0.4, 0.5) is 13.2 Å². The van der Waals surface area contributed by atoms with Gasteiger partial charge in [0, 0.05) is 11.8 Å². The third-order valence-electron chi connectivity index (χ3n) is 2.80. The highest BCUT2D eigenvalue weighted by Crippen LogP contribution is 2.34. The molecule has 0 spiro atoms. The van der Waals surface area contributed by atoms with Crippen molar-refractivity contribution in [2.75, 3.05) is 6.26 Å². The Morgan fingerprint density at radius 2 is 2.08 bits per heavy atom. The van der Waals surface area contributed by atoms with E-state index in [1.165, 1.54) is 13.0 Å². The molecule has 0 saturated carbocycles. The van der Waals surface area contributed by atoms with Crippen LogP contribution in [0.1, 0.15) is 22.5 Å². The zero-order valence-corrected chi connectivity index (χ0v) is 14.2. The Morgan fingerprint density at radius 3 is 2.62 bits per heavy atom. The number of rotatable bonds is 5. The molecular formula is C13H12F3N3O3S2. The van der Waals surface area contributed by atoms with E-state index < -0.39 is 22.7 Å². The zero-order chi connectivity index (χ0) is 17.9. The normalized spacial score (nSPS) is 11.5. The van der Waals surface area contributed by atoms with E-state index in [0.29, 0.717) is 16.2 Å². The molecule has 0 aromatic carbocycles. The molecular weight excluding hydrogens is 367 g/mol. The molecule has 24 heavy (non-hydrogen) atoms. The van der Waals surface area contributed by atoms with Crippen molar-refractivity contribution < 1.29 is 22.7 Å². The fourth-order valence-electron chi connectivity index (χ4n) is 1.75. The van der Waals surface area contributed by atoms with Crippen molar-refractivity contribution in [1.29, 1.82) is 0 Å². The number of aromatic nitrogens is 3. The van der Waals surface area contributed by atoms with Crippen molar-refractivity contribution in [3.8, 4) is 0 Å². The van der Waals surface area contributed by atoms with Crippen molar-refractivity contribution in [3.05, 3.63) is 38.2 Å². The Balaban J connectivity index is 2.35. The van der Waals surface area contributed by atoms with Crippen LogP contribution in [-0.2, 0) is 28.9 Å². The molecule has 0 aliphatic heterocycles. The first kappa shape index (κ1) is 18.5. The number of carbonyl (C=O) groups is 1. The lowest BCUT2D eigenvalue weighted by Gasteiger charge is -2.11. The van der Waals surface area contributed by atoms with Gasteiger partial charge in [-0.2, -0.15) is 18.2 Å². The minimum Gasteiger partial charge on any atom is -0.458 e. The number of esters is 1. The summed E-state index contributed by atoms with van der Waals surface area (Å²) in [6.45, 7) is 0.803. The fraction of sp³-hybridized carbons (Fsp3) is 0.385. The van der Waals surface area contributed by atoms with E-state index in [4.69, 9.17) is 4.74 Å². The van der Waals surface area contributed by atoms with E-state index >= 15 is 0 Å². The summed E-state index contributed by atoms with van der Waals surface area (Å²) in [7, 11) is 0. The van der Waals surface area contributed by atoms with Crippen LogP contribution in [0.25, 0.3) is 0 Å². The topological polar surface area (TPSA) is 74.1 Å². The van der Waals surface area contributed by atoms with Crippen LogP contribution >= 0.6 is 23.1 Å². The largest absolute Gasteiger partial charge is 0.458 e. The Labute approximate surface area is 142 Å². The lowest BCUT2D eigenvalue weighted by atomic mass is 10.4. The van der Waals surface area contributed by atoms with E-state index in [2.05, 4.69) is 9.97 Å². The average Bonchev–Trinajstić information content (AvgIpc) is 2.96. The molecule has 2 rings (SSSR count). The Hall–Kier alpha value is -1.88. The number of nitrogens with zero attached hydrogens (tertiary/aromatic N) is 3. The van der Waals surface area contributed by atoms with E-state index in [1.807, 2.05) is 0 Å². The number of halogens is 3. The van der Waals surface area contributed by atoms with Gasteiger partial charge in [0.1, 0.15) is 11.5 Å². The van der Waals surface area contributed by atoms with Gasteiger partial charge in [-0.1, -0.05) is 11.8 Å². The van der Waals surface area contributed by atoms with E-state index in [-0.39, 0.29) is 24.1 Å². The number of ether oxygens (including phenoxy) is 1. The third-order valence-corrected chi connectivity index (χ3v) is 4.46. The first-order valence-corrected chi connectivity index (χ1v) is 8.56. The summed E-state index contributed by atoms with van der Waals surface area (Å²) in [5, 5.41) is 0.195. The van der Waals surface area contributed by atoms with E-state index in [9.17, 15) is 22.8 Å². The summed E-state index contributed by atoms with van der Waals surface area (Å²) >= 11 is 1.66. The van der Waals surface area contributed by atoms with Crippen LogP contribution in [0.3, 0.4) is 0 Å². The number of alkyl halides is 3. The van der Waals surface area contributed by atoms with Gasteiger partial charge in [-0.05, 0) is 18.4 Å². The minimum atomic E-state index is -4.44. The molecule has 2 heterocycles. The molecule has 0 bridgehead atoms. The van der Waals surface area contributed by atoms with Crippen molar-refractivity contribution in [1.82, 2.24) is 14.5 Å². The molecule has 11 heteroatoms. The molecule has 130 valence electrons. The fourth-order valence-corrected chi connectivity index (χ4v) is 2.98. The highest BCUT2D eigenvalue weighted by molar-refractivity contribution is 7.98. The molecule has 2 aromatic rings. The molecule has 0 atom stereocenters. The molecule has 0 amide bonds. The summed E-state index contributed by atoms with van der Waals surface area (Å²) in [4.78, 5) is 30.5. The van der Waals surface area contributed by atoms with Crippen LogP contribution in [0.2, 0.25) is 0 Å². The SMILES string of the molecule is CSc1nc(COC(C)=O)n(Cc2ccc(C(F)(F)F)s2)c(=O)n1. The molecule has 0 aliphatic rings. The minimum absolute atomic E-state index is 0.122. The quantitative estimate of drug-likeness (QED) is 0.587. The Kier molecular flexibility index (Phi) is 5.65. The van der Waals surface area contributed by atoms with E-state index in [0.717, 1.165) is 22.4 Å². The lowest BCUT2D eigenvalue weighted by molar-refractivity contribution is -0.142. The maximum atomic E-state index is 12.7. The van der Waals surface area contributed by atoms with Gasteiger partial charge in [-0.15, -0.1) is 11.3 Å². The monoisotopic (exact) mass is 379 g/mol. The van der Waals surface area contributed by atoms with Crippen LogP contribution in [-0.4, -0.2) is 26.8 Å². The van der Waals surface area contributed by atoms with Gasteiger partial charge < -0.3 is 4.74 Å². The number of thiophene rings is 1. The van der Waals surface area contributed by atoms with Gasteiger partial charge in [0.25, 0.3) is 0 Å². The second-order valence-electron chi connectivity index (χ2n) is 4.54. The van der Waals surface area contributed by atoms with Gasteiger partial charge in [-0.3, -0.25) is 9.36 Å². The summed E-state index contributed by atoms with van der Waals surface area (Å²) in [5.74, 6) is -0.440. The van der Waals surface area contributed by atoms with Crippen molar-refractivity contribution >= 4 is 29.1 Å². The molecule has 0 N–H and O–H groups in total. The Morgan fingerprint density at radius 1 is 1.38 bits per heavy atom. The number of hydrogen-bond acceptors (Lipinski definition) is 7. The maximum absolute atomic E-state index is 12.7. The van der Waals surface area contributed by atoms with Gasteiger partial charge in [0.05, 0.1) is 6.54 Å². The first-order chi connectivity index (χ1) is 11.2. The lowest BCUT2D eigenvalue weighted by Crippen LogP contribution is -2.29. The molecule has 2 aromatic heterocycles. The van der Waals surface area contributed by atoms with Crippen LogP contribution < -0.4 is 5.69 Å². The van der Waals surface area contributed by atoms with E-state index in [1.54, 1.807) is 6.26 Å². The molecule has 0 aliphatic carbocycles. The number of thioether (sulfide) groups is 1. The summed E-state index contributed by atoms with van der Waals surface area (Å²) in [6, 6.07) is 2.24. The van der Waals surface area contributed by atoms with Crippen LogP contribution in [0, 0.1) is 0 Å². The molecule has 0 unspecified atom stereocenters. The van der Waals surface area contributed by atoms with Crippen LogP contribution in [0.15, 0.2) is 22.1 Å². The number of carbonyl (C=O) groups excluding carboxylic acids is 1. The zero-order valence-electron chi connectivity index (χ0n) is 12.6. The highest BCUT2D eigenvalue weighted by atomic mass is 32.2. The first-order valence-electron chi connectivity index (χ1n) is 6.51.